The molecule has 1 aliphatic heterocycles. The van der Waals surface area contributed by atoms with Gasteiger partial charge >= 0.3 is 0 Å². The van der Waals surface area contributed by atoms with Crippen molar-refractivity contribution in [1.82, 2.24) is 15.1 Å². The number of hydrogen-bond acceptors (Lipinski definition) is 3. The van der Waals surface area contributed by atoms with Crippen LogP contribution in [0, 0.1) is 18.8 Å². The molecule has 0 aliphatic carbocycles. The number of rotatable bonds is 5. The minimum Gasteiger partial charge on any atom is -0.373 e. The summed E-state index contributed by atoms with van der Waals surface area (Å²) in [6.07, 6.45) is 3.46. The Labute approximate surface area is 120 Å². The molecule has 0 spiro atoms. The van der Waals surface area contributed by atoms with Crippen LogP contribution in [0.15, 0.2) is 6.20 Å². The summed E-state index contributed by atoms with van der Waals surface area (Å²) in [7, 11) is 1.91. The van der Waals surface area contributed by atoms with Crippen LogP contribution in [0.4, 0.5) is 0 Å². The highest BCUT2D eigenvalue weighted by molar-refractivity contribution is 5.79. The Kier molecular flexibility index (Phi) is 4.81. The monoisotopic (exact) mass is 279 g/mol. The fraction of sp³-hybridized carbons (Fsp3) is 0.733. The molecule has 2 heterocycles. The van der Waals surface area contributed by atoms with Gasteiger partial charge in [0.15, 0.2) is 0 Å². The first-order chi connectivity index (χ1) is 9.50. The number of amides is 1. The van der Waals surface area contributed by atoms with Gasteiger partial charge in [-0.05, 0) is 25.7 Å². The van der Waals surface area contributed by atoms with Gasteiger partial charge in [0.05, 0.1) is 18.2 Å². The minimum atomic E-state index is -0.150. The lowest BCUT2D eigenvalue weighted by atomic mass is 9.95. The smallest absolute Gasteiger partial charge is 0.226 e. The molecule has 5 heteroatoms. The number of carbonyl (C=O) groups excluding carboxylic acids is 1. The quantitative estimate of drug-likeness (QED) is 0.896. The summed E-state index contributed by atoms with van der Waals surface area (Å²) in [4.78, 5) is 12.3. The zero-order chi connectivity index (χ0) is 14.7. The zero-order valence-electron chi connectivity index (χ0n) is 12.8. The lowest BCUT2D eigenvalue weighted by Gasteiger charge is -2.18. The third-order valence-corrected chi connectivity index (χ3v) is 4.03. The van der Waals surface area contributed by atoms with Crippen molar-refractivity contribution in [1.29, 1.82) is 0 Å². The highest BCUT2D eigenvalue weighted by atomic mass is 16.5. The normalized spacial score (nSPS) is 22.4. The average molecular weight is 279 g/mol. The van der Waals surface area contributed by atoms with E-state index in [1.165, 1.54) is 0 Å². The molecule has 112 valence electrons. The molecular weight excluding hydrogens is 254 g/mol. The van der Waals surface area contributed by atoms with E-state index in [4.69, 9.17) is 4.74 Å². The van der Waals surface area contributed by atoms with Crippen molar-refractivity contribution in [3.8, 4) is 0 Å². The molecule has 20 heavy (non-hydrogen) atoms. The van der Waals surface area contributed by atoms with Crippen LogP contribution >= 0.6 is 0 Å². The highest BCUT2D eigenvalue weighted by Gasteiger charge is 2.36. The van der Waals surface area contributed by atoms with Gasteiger partial charge < -0.3 is 10.1 Å². The third kappa shape index (κ3) is 3.20. The predicted molar refractivity (Wildman–Crippen MR) is 77.2 cm³/mol. The second kappa shape index (κ2) is 6.39. The second-order valence-corrected chi connectivity index (χ2v) is 5.97. The fourth-order valence-electron chi connectivity index (χ4n) is 2.57. The first kappa shape index (κ1) is 15.0. The molecule has 1 fully saturated rings. The lowest BCUT2D eigenvalue weighted by Crippen LogP contribution is -2.33. The second-order valence-electron chi connectivity index (χ2n) is 5.97. The number of hydrogen-bond donors (Lipinski definition) is 1. The molecule has 0 saturated carbocycles. The summed E-state index contributed by atoms with van der Waals surface area (Å²) in [5.74, 6) is 0.618. The number of ether oxygens (including phenoxy) is 1. The van der Waals surface area contributed by atoms with Crippen LogP contribution in [0.2, 0.25) is 0 Å². The van der Waals surface area contributed by atoms with Gasteiger partial charge in [0, 0.05) is 31.5 Å². The van der Waals surface area contributed by atoms with E-state index in [-0.39, 0.29) is 17.9 Å². The topological polar surface area (TPSA) is 56.1 Å². The molecule has 1 saturated heterocycles. The van der Waals surface area contributed by atoms with Gasteiger partial charge in [-0.15, -0.1) is 0 Å². The van der Waals surface area contributed by atoms with Gasteiger partial charge in [0.2, 0.25) is 5.91 Å². The predicted octanol–water partition coefficient (Wildman–Crippen LogP) is 1.97. The van der Waals surface area contributed by atoms with Crippen molar-refractivity contribution in [2.45, 2.75) is 39.7 Å². The summed E-state index contributed by atoms with van der Waals surface area (Å²) in [6.45, 7) is 7.71. The Bertz CT molecular complexity index is 468. The molecule has 1 aliphatic rings. The molecule has 0 bridgehead atoms. The zero-order valence-corrected chi connectivity index (χ0v) is 12.8. The number of aromatic nitrogens is 2. The van der Waals surface area contributed by atoms with Crippen molar-refractivity contribution in [2.75, 3.05) is 13.2 Å². The Morgan fingerprint density at radius 3 is 2.95 bits per heavy atom. The van der Waals surface area contributed by atoms with Gasteiger partial charge in [0.1, 0.15) is 0 Å². The minimum absolute atomic E-state index is 0.0925. The fourth-order valence-corrected chi connectivity index (χ4v) is 2.57. The summed E-state index contributed by atoms with van der Waals surface area (Å²) < 4.78 is 7.60. The van der Waals surface area contributed by atoms with E-state index in [1.807, 2.05) is 24.9 Å². The maximum atomic E-state index is 12.3. The molecule has 2 atom stereocenters. The van der Waals surface area contributed by atoms with Crippen molar-refractivity contribution in [3.05, 3.63) is 17.5 Å². The summed E-state index contributed by atoms with van der Waals surface area (Å²) in [5.41, 5.74) is 2.10. The van der Waals surface area contributed by atoms with E-state index < -0.39 is 0 Å². The van der Waals surface area contributed by atoms with Crippen molar-refractivity contribution in [2.24, 2.45) is 18.9 Å². The van der Waals surface area contributed by atoms with Crippen molar-refractivity contribution < 1.29 is 9.53 Å². The maximum absolute atomic E-state index is 12.3. The van der Waals surface area contributed by atoms with E-state index in [0.717, 1.165) is 30.6 Å². The van der Waals surface area contributed by atoms with E-state index in [9.17, 15) is 4.79 Å². The largest absolute Gasteiger partial charge is 0.373 e. The number of carbonyl (C=O) groups is 1. The first-order valence-corrected chi connectivity index (χ1v) is 7.38. The molecule has 0 unspecified atom stereocenters. The maximum Gasteiger partial charge on any atom is 0.226 e. The van der Waals surface area contributed by atoms with Crippen LogP contribution in [-0.4, -0.2) is 28.8 Å². The summed E-state index contributed by atoms with van der Waals surface area (Å²) in [5, 5.41) is 7.28. The van der Waals surface area contributed by atoms with E-state index in [1.54, 1.807) is 0 Å². The van der Waals surface area contributed by atoms with Crippen LogP contribution < -0.4 is 5.32 Å². The lowest BCUT2D eigenvalue weighted by molar-refractivity contribution is -0.126. The van der Waals surface area contributed by atoms with Crippen LogP contribution in [0.25, 0.3) is 0 Å². The molecular formula is C15H25N3O2. The molecule has 0 aromatic carbocycles. The summed E-state index contributed by atoms with van der Waals surface area (Å²) >= 11 is 0. The van der Waals surface area contributed by atoms with E-state index in [2.05, 4.69) is 24.3 Å². The number of aryl methyl sites for hydroxylation is 1. The van der Waals surface area contributed by atoms with Gasteiger partial charge in [-0.25, -0.2) is 0 Å². The first-order valence-electron chi connectivity index (χ1n) is 7.38. The van der Waals surface area contributed by atoms with E-state index >= 15 is 0 Å². The van der Waals surface area contributed by atoms with Crippen molar-refractivity contribution >= 4 is 5.91 Å². The van der Waals surface area contributed by atoms with Gasteiger partial charge in [-0.2, -0.15) is 5.10 Å². The Morgan fingerprint density at radius 1 is 1.60 bits per heavy atom. The van der Waals surface area contributed by atoms with Gasteiger partial charge in [0.25, 0.3) is 0 Å². The Morgan fingerprint density at radius 2 is 2.35 bits per heavy atom. The van der Waals surface area contributed by atoms with Crippen LogP contribution in [0.1, 0.15) is 44.1 Å². The molecule has 1 aromatic rings. The van der Waals surface area contributed by atoms with Crippen molar-refractivity contribution in [3.63, 3.8) is 0 Å². The molecule has 5 nitrogen and oxygen atoms in total. The Balaban J connectivity index is 2.00. The molecule has 1 aromatic heterocycles. The van der Waals surface area contributed by atoms with Crippen LogP contribution in [0.5, 0.6) is 0 Å². The van der Waals surface area contributed by atoms with Gasteiger partial charge in [-0.1, -0.05) is 13.8 Å². The third-order valence-electron chi connectivity index (χ3n) is 4.03. The number of nitrogens with zero attached hydrogens (tertiary/aromatic N) is 2. The molecule has 1 amide bonds. The number of nitrogens with one attached hydrogen (secondary N) is 1. The van der Waals surface area contributed by atoms with Crippen LogP contribution in [0.3, 0.4) is 0 Å². The molecule has 1 N–H and O–H groups in total. The highest BCUT2D eigenvalue weighted by Crippen LogP contribution is 2.35. The summed E-state index contributed by atoms with van der Waals surface area (Å²) in [6, 6.07) is 0. The standard InChI is InChI=1S/C15H25N3O2/c1-10(2)5-7-16-15(19)12-6-8-20-14(12)13-9-17-18(4)11(13)3/h9-10,12,14H,5-8H2,1-4H3,(H,16,19)/t12-,14-/m0/s1. The SMILES string of the molecule is Cc1c([C@H]2OCC[C@@H]2C(=O)NCCC(C)C)cnn1C. The van der Waals surface area contributed by atoms with Crippen LogP contribution in [-0.2, 0) is 16.6 Å². The van der Waals surface area contributed by atoms with E-state index in [0.29, 0.717) is 12.5 Å². The van der Waals surface area contributed by atoms with Gasteiger partial charge in [-0.3, -0.25) is 9.48 Å². The average Bonchev–Trinajstić information content (AvgIpc) is 2.97. The Hall–Kier alpha value is -1.36. The molecule has 2 rings (SSSR count). The molecule has 0 radical (unpaired) electrons.